The van der Waals surface area contributed by atoms with Crippen LogP contribution in [0.15, 0.2) is 24.3 Å². The molecule has 0 spiro atoms. The molecule has 1 aromatic rings. The first-order valence-corrected chi connectivity index (χ1v) is 7.17. The number of nitro benzene ring substituents is 1. The lowest BCUT2D eigenvalue weighted by atomic mass is 9.85. The van der Waals surface area contributed by atoms with Gasteiger partial charge in [0.2, 0.25) is 0 Å². The molecule has 1 atom stereocenters. The first-order valence-electron chi connectivity index (χ1n) is 7.17. The van der Waals surface area contributed by atoms with Crippen molar-refractivity contribution in [3.05, 3.63) is 39.9 Å². The smallest absolute Gasteiger partial charge is 0.385 e. The van der Waals surface area contributed by atoms with Crippen LogP contribution in [0, 0.1) is 10.1 Å². The molecule has 1 N–H and O–H groups in total. The number of alkyl halides is 11. The van der Waals surface area contributed by atoms with Crippen molar-refractivity contribution in [2.75, 3.05) is 0 Å². The van der Waals surface area contributed by atoms with Gasteiger partial charge in [0.05, 0.1) is 16.9 Å². The van der Waals surface area contributed by atoms with E-state index in [1.54, 1.807) is 0 Å². The minimum absolute atomic E-state index is 0.345. The molecule has 0 amide bonds. The molecule has 15 heteroatoms. The third-order valence-electron chi connectivity index (χ3n) is 3.87. The molecular weight excluding hydrogens is 439 g/mol. The van der Waals surface area contributed by atoms with Crippen molar-refractivity contribution in [2.24, 2.45) is 0 Å². The Morgan fingerprint density at radius 2 is 1.24 bits per heavy atom. The number of hydrogen-bond donors (Lipinski definition) is 1. The van der Waals surface area contributed by atoms with Gasteiger partial charge in [0.1, 0.15) is 0 Å². The zero-order valence-corrected chi connectivity index (χ0v) is 13.9. The summed E-state index contributed by atoms with van der Waals surface area (Å²) in [5.41, 5.74) is -4.58. The summed E-state index contributed by atoms with van der Waals surface area (Å²) in [6.07, 6.45) is -9.99. The van der Waals surface area contributed by atoms with Crippen LogP contribution in [-0.4, -0.2) is 39.9 Å². The molecule has 0 fully saturated rings. The summed E-state index contributed by atoms with van der Waals surface area (Å²) in [6, 6.07) is 2.39. The lowest BCUT2D eigenvalue weighted by Crippen LogP contribution is -2.67. The summed E-state index contributed by atoms with van der Waals surface area (Å²) in [5.74, 6) is -28.6. The van der Waals surface area contributed by atoms with Crippen molar-refractivity contribution in [3.8, 4) is 0 Å². The van der Waals surface area contributed by atoms with Crippen molar-refractivity contribution in [1.82, 2.24) is 0 Å². The van der Waals surface area contributed by atoms with Crippen molar-refractivity contribution in [1.29, 1.82) is 0 Å². The molecule has 0 aliphatic rings. The van der Waals surface area contributed by atoms with Crippen LogP contribution in [0.4, 0.5) is 54.0 Å². The van der Waals surface area contributed by atoms with Gasteiger partial charge in [-0.3, -0.25) is 10.1 Å². The van der Waals surface area contributed by atoms with E-state index in [9.17, 15) is 63.5 Å². The van der Waals surface area contributed by atoms with E-state index in [2.05, 4.69) is 0 Å². The van der Waals surface area contributed by atoms with Gasteiger partial charge in [0.25, 0.3) is 5.69 Å². The fourth-order valence-electron chi connectivity index (χ4n) is 2.19. The highest BCUT2D eigenvalue weighted by molar-refractivity contribution is 5.35. The summed E-state index contributed by atoms with van der Waals surface area (Å²) in [5, 5.41) is 20.4. The maximum absolute atomic E-state index is 13.8. The van der Waals surface area contributed by atoms with Crippen molar-refractivity contribution in [2.45, 2.75) is 48.8 Å². The molecule has 1 rings (SSSR count). The maximum atomic E-state index is 13.8. The fraction of sp³-hybridized carbons (Fsp3) is 0.571. The second kappa shape index (κ2) is 6.95. The predicted molar refractivity (Wildman–Crippen MR) is 73.1 cm³/mol. The number of non-ortho nitro benzene ring substituents is 1. The minimum Gasteiger partial charge on any atom is -0.385 e. The van der Waals surface area contributed by atoms with Gasteiger partial charge in [0.15, 0.2) is 0 Å². The van der Waals surface area contributed by atoms with Crippen LogP contribution in [-0.2, 0) is 5.60 Å². The molecule has 29 heavy (non-hydrogen) atoms. The van der Waals surface area contributed by atoms with Gasteiger partial charge < -0.3 is 5.11 Å². The quantitative estimate of drug-likeness (QED) is 0.349. The van der Waals surface area contributed by atoms with Crippen LogP contribution < -0.4 is 0 Å². The Morgan fingerprint density at radius 1 is 0.828 bits per heavy atom. The van der Waals surface area contributed by atoms with Gasteiger partial charge in [0, 0.05) is 12.1 Å². The van der Waals surface area contributed by atoms with E-state index in [1.807, 2.05) is 0 Å². The molecule has 0 heterocycles. The first kappa shape index (κ1) is 24.8. The molecule has 1 aromatic carbocycles. The number of hydrogen-bond acceptors (Lipinski definition) is 3. The zero-order chi connectivity index (χ0) is 23.3. The molecule has 0 aliphatic carbocycles. The lowest BCUT2D eigenvalue weighted by Gasteiger charge is -2.39. The van der Waals surface area contributed by atoms with E-state index in [0.717, 1.165) is 0 Å². The Bertz CT molecular complexity index is 757. The molecule has 0 saturated carbocycles. The van der Waals surface area contributed by atoms with Crippen LogP contribution in [0.25, 0.3) is 0 Å². The highest BCUT2D eigenvalue weighted by Crippen LogP contribution is 2.59. The second-order valence-electron chi connectivity index (χ2n) is 6.18. The van der Waals surface area contributed by atoms with E-state index < -0.39 is 58.1 Å². The lowest BCUT2D eigenvalue weighted by molar-refractivity contribution is -0.424. The van der Waals surface area contributed by atoms with Crippen LogP contribution in [0.1, 0.15) is 18.9 Å². The van der Waals surface area contributed by atoms with E-state index >= 15 is 0 Å². The third-order valence-corrected chi connectivity index (χ3v) is 3.87. The van der Waals surface area contributed by atoms with Crippen LogP contribution in [0.2, 0.25) is 0 Å². The second-order valence-corrected chi connectivity index (χ2v) is 6.18. The first-order chi connectivity index (χ1) is 12.6. The Hall–Kier alpha value is -2.19. The average molecular weight is 449 g/mol. The van der Waals surface area contributed by atoms with E-state index in [4.69, 9.17) is 0 Å². The molecule has 0 saturated heterocycles. The molecule has 0 bridgehead atoms. The number of nitro groups is 1. The van der Waals surface area contributed by atoms with Crippen molar-refractivity contribution in [3.63, 3.8) is 0 Å². The normalized spacial score (nSPS) is 16.4. The molecule has 166 valence electrons. The topological polar surface area (TPSA) is 63.4 Å². The highest BCUT2D eigenvalue weighted by Gasteiger charge is 2.87. The van der Waals surface area contributed by atoms with Gasteiger partial charge in [-0.1, -0.05) is 0 Å². The molecule has 0 radical (unpaired) electrons. The van der Waals surface area contributed by atoms with Crippen molar-refractivity contribution < 1.29 is 58.3 Å². The number of halogens is 11. The predicted octanol–water partition coefficient (Wildman–Crippen LogP) is 5.30. The molecule has 1 unspecified atom stereocenters. The van der Waals surface area contributed by atoms with Gasteiger partial charge in [-0.15, -0.1) is 0 Å². The SMILES string of the molecule is CC(O)(CC(F)(F)C(F)(F)C(F)(F)C(F)(F)C(F)(F)F)c1ccc([N+](=O)[O-])cc1. The molecule has 0 aliphatic heterocycles. The summed E-state index contributed by atoms with van der Waals surface area (Å²) in [7, 11) is 0. The van der Waals surface area contributed by atoms with E-state index in [1.165, 1.54) is 0 Å². The fourth-order valence-corrected chi connectivity index (χ4v) is 2.19. The Balaban J connectivity index is 3.33. The number of aliphatic hydroxyl groups is 1. The van der Waals surface area contributed by atoms with Gasteiger partial charge in [-0.2, -0.15) is 48.3 Å². The van der Waals surface area contributed by atoms with Crippen molar-refractivity contribution >= 4 is 5.69 Å². The Morgan fingerprint density at radius 3 is 1.59 bits per heavy atom. The average Bonchev–Trinajstić information content (AvgIpc) is 2.52. The van der Waals surface area contributed by atoms with Crippen LogP contribution in [0.3, 0.4) is 0 Å². The van der Waals surface area contributed by atoms with E-state index in [0.29, 0.717) is 31.2 Å². The molecule has 4 nitrogen and oxygen atoms in total. The van der Waals surface area contributed by atoms with E-state index in [-0.39, 0.29) is 0 Å². The minimum atomic E-state index is -7.58. The van der Waals surface area contributed by atoms with Crippen LogP contribution in [0.5, 0.6) is 0 Å². The van der Waals surface area contributed by atoms with Gasteiger partial charge >= 0.3 is 29.9 Å². The zero-order valence-electron chi connectivity index (χ0n) is 13.9. The molecule has 0 aromatic heterocycles. The summed E-state index contributed by atoms with van der Waals surface area (Å²) in [6.45, 7) is 0.345. The van der Waals surface area contributed by atoms with Gasteiger partial charge in [-0.25, -0.2) is 0 Å². The Kier molecular flexibility index (Phi) is 5.96. The van der Waals surface area contributed by atoms with Gasteiger partial charge in [-0.05, 0) is 24.6 Å². The third kappa shape index (κ3) is 4.09. The number of nitrogens with zero attached hydrogens (tertiary/aromatic N) is 1. The summed E-state index contributed by atoms with van der Waals surface area (Å²) >= 11 is 0. The summed E-state index contributed by atoms with van der Waals surface area (Å²) in [4.78, 5) is 9.51. The Labute approximate surface area is 154 Å². The number of rotatable bonds is 7. The van der Waals surface area contributed by atoms with Crippen LogP contribution >= 0.6 is 0 Å². The maximum Gasteiger partial charge on any atom is 0.460 e. The summed E-state index contributed by atoms with van der Waals surface area (Å²) < 4.78 is 143. The largest absolute Gasteiger partial charge is 0.460 e. The molecular formula is C14H10F11NO3. The highest BCUT2D eigenvalue weighted by atomic mass is 19.4. The standard InChI is InChI=1S/C14H10F11NO3/c1-9(27,7-2-4-8(5-3-7)26(28)29)6-10(15,16)11(17,18)12(19,20)13(21,22)14(23,24)25/h2-5,27H,6H2,1H3. The number of benzene rings is 1. The monoisotopic (exact) mass is 449 g/mol.